The molecule has 3 amide bonds. The maximum absolute atomic E-state index is 12.1. The summed E-state index contributed by atoms with van der Waals surface area (Å²) in [5.74, 6) is -0.890. The van der Waals surface area contributed by atoms with E-state index >= 15 is 0 Å². The largest absolute Gasteiger partial charge is 0.490 e. The van der Waals surface area contributed by atoms with Gasteiger partial charge < -0.3 is 20.1 Å². The zero-order valence-electron chi connectivity index (χ0n) is 20.3. The highest BCUT2D eigenvalue weighted by Crippen LogP contribution is 2.29. The van der Waals surface area contributed by atoms with Crippen LogP contribution in [0.15, 0.2) is 71.8 Å². The zero-order chi connectivity index (χ0) is 25.9. The van der Waals surface area contributed by atoms with E-state index in [1.807, 2.05) is 38.1 Å². The molecule has 0 atom stereocenters. The van der Waals surface area contributed by atoms with Crippen molar-refractivity contribution < 1.29 is 23.9 Å². The molecule has 0 aliphatic rings. The number of carbonyl (C=O) groups excluding carboxylic acids is 3. The molecular formula is C27H28N4O5. The second-order valence-electron chi connectivity index (χ2n) is 7.83. The molecular weight excluding hydrogens is 460 g/mol. The second-order valence-corrected chi connectivity index (χ2v) is 7.83. The highest BCUT2D eigenvalue weighted by Gasteiger charge is 2.13. The molecule has 3 rings (SSSR count). The van der Waals surface area contributed by atoms with E-state index in [2.05, 4.69) is 21.2 Å². The maximum atomic E-state index is 12.1. The van der Waals surface area contributed by atoms with E-state index in [9.17, 15) is 14.4 Å². The molecule has 0 aliphatic carbocycles. The van der Waals surface area contributed by atoms with Gasteiger partial charge in [-0.25, -0.2) is 5.43 Å². The van der Waals surface area contributed by atoms with Crippen LogP contribution in [0.3, 0.4) is 0 Å². The van der Waals surface area contributed by atoms with Gasteiger partial charge >= 0.3 is 11.8 Å². The monoisotopic (exact) mass is 488 g/mol. The Hall–Kier alpha value is -4.66. The van der Waals surface area contributed by atoms with Crippen molar-refractivity contribution in [2.45, 2.75) is 27.4 Å². The number of hydrogen-bond acceptors (Lipinski definition) is 6. The van der Waals surface area contributed by atoms with E-state index in [-0.39, 0.29) is 5.91 Å². The van der Waals surface area contributed by atoms with Gasteiger partial charge in [-0.2, -0.15) is 5.10 Å². The summed E-state index contributed by atoms with van der Waals surface area (Å²) in [6.07, 6.45) is 1.40. The van der Waals surface area contributed by atoms with E-state index < -0.39 is 11.8 Å². The Morgan fingerprint density at radius 2 is 1.50 bits per heavy atom. The standard InChI is InChI=1S/C27H28N4O5/c1-4-35-25-15-21(9-14-24(25)36-17-20-7-5-18(2)6-8-20)16-28-31-27(34)26(33)30-23-12-10-22(11-13-23)29-19(3)32/h5-16H,4,17H2,1-3H3,(H,29,32)(H,30,33)(H,31,34)/b28-16+. The highest BCUT2D eigenvalue weighted by molar-refractivity contribution is 6.39. The van der Waals surface area contributed by atoms with Crippen molar-refractivity contribution in [2.75, 3.05) is 17.2 Å². The molecule has 0 spiro atoms. The maximum Gasteiger partial charge on any atom is 0.329 e. The summed E-state index contributed by atoms with van der Waals surface area (Å²) in [5, 5.41) is 8.93. The first-order valence-corrected chi connectivity index (χ1v) is 11.3. The van der Waals surface area contributed by atoms with Gasteiger partial charge in [0.05, 0.1) is 12.8 Å². The average Bonchev–Trinajstić information content (AvgIpc) is 2.85. The number of amides is 3. The number of benzene rings is 3. The summed E-state index contributed by atoms with van der Waals surface area (Å²) in [7, 11) is 0. The number of nitrogens with one attached hydrogen (secondary N) is 3. The van der Waals surface area contributed by atoms with E-state index in [0.29, 0.717) is 41.7 Å². The smallest absolute Gasteiger partial charge is 0.329 e. The summed E-state index contributed by atoms with van der Waals surface area (Å²) >= 11 is 0. The molecule has 0 aromatic heterocycles. The molecule has 0 fully saturated rings. The molecule has 9 nitrogen and oxygen atoms in total. The first-order chi connectivity index (χ1) is 17.3. The number of hydrogen-bond donors (Lipinski definition) is 3. The van der Waals surface area contributed by atoms with Crippen molar-refractivity contribution in [1.29, 1.82) is 0 Å². The van der Waals surface area contributed by atoms with Crippen molar-refractivity contribution in [3.63, 3.8) is 0 Å². The van der Waals surface area contributed by atoms with Gasteiger partial charge in [0, 0.05) is 18.3 Å². The van der Waals surface area contributed by atoms with Crippen molar-refractivity contribution >= 4 is 35.3 Å². The molecule has 3 aromatic carbocycles. The van der Waals surface area contributed by atoms with Crippen molar-refractivity contribution in [2.24, 2.45) is 5.10 Å². The van der Waals surface area contributed by atoms with Crippen LogP contribution in [0.1, 0.15) is 30.5 Å². The number of nitrogens with zero attached hydrogens (tertiary/aromatic N) is 1. The summed E-state index contributed by atoms with van der Waals surface area (Å²) in [6.45, 7) is 6.14. The Labute approximate surface area is 209 Å². The predicted molar refractivity (Wildman–Crippen MR) is 138 cm³/mol. The number of anilines is 2. The van der Waals surface area contributed by atoms with Gasteiger partial charge in [0.25, 0.3) is 0 Å². The van der Waals surface area contributed by atoms with E-state index in [0.717, 1.165) is 5.56 Å². The highest BCUT2D eigenvalue weighted by atomic mass is 16.5. The lowest BCUT2D eigenvalue weighted by molar-refractivity contribution is -0.136. The summed E-state index contributed by atoms with van der Waals surface area (Å²) in [4.78, 5) is 35.2. The number of ether oxygens (including phenoxy) is 2. The molecule has 0 saturated heterocycles. The van der Waals surface area contributed by atoms with E-state index in [1.54, 1.807) is 42.5 Å². The Bertz CT molecular complexity index is 1240. The van der Waals surface area contributed by atoms with Gasteiger partial charge in [0.15, 0.2) is 11.5 Å². The number of carbonyl (C=O) groups is 3. The van der Waals surface area contributed by atoms with Gasteiger partial charge in [-0.15, -0.1) is 0 Å². The minimum Gasteiger partial charge on any atom is -0.490 e. The third-order valence-electron chi connectivity index (χ3n) is 4.83. The van der Waals surface area contributed by atoms with Crippen LogP contribution in [0.25, 0.3) is 0 Å². The molecule has 0 heterocycles. The second kappa shape index (κ2) is 12.7. The molecule has 3 aromatic rings. The molecule has 0 aliphatic heterocycles. The van der Waals surface area contributed by atoms with Crippen LogP contribution < -0.4 is 25.5 Å². The van der Waals surface area contributed by atoms with Gasteiger partial charge in [-0.3, -0.25) is 14.4 Å². The van der Waals surface area contributed by atoms with Crippen LogP contribution in [0.5, 0.6) is 11.5 Å². The molecule has 3 N–H and O–H groups in total. The van der Waals surface area contributed by atoms with Crippen molar-refractivity contribution in [3.8, 4) is 11.5 Å². The molecule has 186 valence electrons. The molecule has 0 saturated carbocycles. The SMILES string of the molecule is CCOc1cc(/C=N/NC(=O)C(=O)Nc2ccc(NC(C)=O)cc2)ccc1OCc1ccc(C)cc1. The van der Waals surface area contributed by atoms with Crippen molar-refractivity contribution in [1.82, 2.24) is 5.43 Å². The van der Waals surface area contributed by atoms with Gasteiger partial charge in [-0.1, -0.05) is 29.8 Å². The fourth-order valence-corrected chi connectivity index (χ4v) is 3.08. The molecule has 0 unspecified atom stereocenters. The normalized spacial score (nSPS) is 10.5. The number of aryl methyl sites for hydroxylation is 1. The quantitative estimate of drug-likeness (QED) is 0.239. The fourth-order valence-electron chi connectivity index (χ4n) is 3.08. The third kappa shape index (κ3) is 7.98. The number of rotatable bonds is 9. The zero-order valence-corrected chi connectivity index (χ0v) is 20.3. The van der Waals surface area contributed by atoms with Crippen LogP contribution in [0.2, 0.25) is 0 Å². The first kappa shape index (κ1) is 26.0. The lowest BCUT2D eigenvalue weighted by Gasteiger charge is -2.12. The van der Waals surface area contributed by atoms with Crippen LogP contribution in [-0.2, 0) is 21.0 Å². The summed E-state index contributed by atoms with van der Waals surface area (Å²) in [6, 6.07) is 19.7. The van der Waals surface area contributed by atoms with Crippen molar-refractivity contribution in [3.05, 3.63) is 83.4 Å². The third-order valence-corrected chi connectivity index (χ3v) is 4.83. The predicted octanol–water partition coefficient (Wildman–Crippen LogP) is 4.02. The lowest BCUT2D eigenvalue weighted by Crippen LogP contribution is -2.32. The Balaban J connectivity index is 1.55. The molecule has 36 heavy (non-hydrogen) atoms. The van der Waals surface area contributed by atoms with Crippen LogP contribution in [0.4, 0.5) is 11.4 Å². The fraction of sp³-hybridized carbons (Fsp3) is 0.185. The Morgan fingerprint density at radius 1 is 0.833 bits per heavy atom. The van der Waals surface area contributed by atoms with E-state index in [4.69, 9.17) is 9.47 Å². The molecule has 0 bridgehead atoms. The van der Waals surface area contributed by atoms with Crippen LogP contribution >= 0.6 is 0 Å². The van der Waals surface area contributed by atoms with Gasteiger partial charge in [0.2, 0.25) is 5.91 Å². The average molecular weight is 489 g/mol. The molecule has 9 heteroatoms. The Morgan fingerprint density at radius 3 is 2.14 bits per heavy atom. The van der Waals surface area contributed by atoms with E-state index in [1.165, 1.54) is 18.7 Å². The van der Waals surface area contributed by atoms with Crippen LogP contribution in [-0.4, -0.2) is 30.5 Å². The summed E-state index contributed by atoms with van der Waals surface area (Å²) < 4.78 is 11.6. The van der Waals surface area contributed by atoms with Gasteiger partial charge in [0.1, 0.15) is 6.61 Å². The lowest BCUT2D eigenvalue weighted by atomic mass is 10.2. The molecule has 0 radical (unpaired) electrons. The minimum absolute atomic E-state index is 0.207. The Kier molecular flexibility index (Phi) is 9.16. The first-order valence-electron chi connectivity index (χ1n) is 11.3. The van der Waals surface area contributed by atoms with Crippen LogP contribution in [0, 0.1) is 6.92 Å². The van der Waals surface area contributed by atoms with Gasteiger partial charge in [-0.05, 0) is 67.4 Å². The summed E-state index contributed by atoms with van der Waals surface area (Å²) in [5.41, 5.74) is 6.04. The number of hydrazone groups is 1. The minimum atomic E-state index is -0.930. The topological polar surface area (TPSA) is 118 Å².